The Hall–Kier alpha value is -4.83. The number of phenols is 1. The third kappa shape index (κ3) is 6.46. The Morgan fingerprint density at radius 1 is 1.05 bits per heavy atom. The number of epoxide rings is 1. The predicted molar refractivity (Wildman–Crippen MR) is 224 cm³/mol. The van der Waals surface area contributed by atoms with Crippen molar-refractivity contribution in [3.05, 3.63) is 92.2 Å². The van der Waals surface area contributed by atoms with Crippen molar-refractivity contribution >= 4 is 56.4 Å². The van der Waals surface area contributed by atoms with E-state index in [1.54, 1.807) is 34.6 Å². The van der Waals surface area contributed by atoms with E-state index in [1.807, 2.05) is 19.2 Å². The van der Waals surface area contributed by atoms with E-state index < -0.39 is 29.2 Å². The number of carbonyl (C=O) groups excluding carboxylic acids is 1. The first-order valence-corrected chi connectivity index (χ1v) is 22.4. The van der Waals surface area contributed by atoms with Gasteiger partial charge in [-0.05, 0) is 75.8 Å². The lowest BCUT2D eigenvalue weighted by atomic mass is 9.76. The molecule has 1 spiro atoms. The number of hydrogen-bond acceptors (Lipinski definition) is 14. The smallest absolute Gasteiger partial charge is 0.341 e. The largest absolute Gasteiger partial charge is 0.507 e. The average Bonchev–Trinajstić information content (AvgIpc) is 3.45. The van der Waals surface area contributed by atoms with Crippen LogP contribution in [0.1, 0.15) is 79.5 Å². The van der Waals surface area contributed by atoms with Gasteiger partial charge < -0.3 is 35.2 Å². The van der Waals surface area contributed by atoms with Gasteiger partial charge in [0.05, 0.1) is 17.5 Å². The van der Waals surface area contributed by atoms with Gasteiger partial charge in [-0.15, -0.1) is 0 Å². The molecule has 1 aromatic carbocycles. The average molecular weight is 822 g/mol. The van der Waals surface area contributed by atoms with Gasteiger partial charge in [-0.25, -0.2) is 14.8 Å². The molecule has 15 heteroatoms. The SMILES string of the molecule is Cc1cc(=O)c2c(O)c3c(cc2o1)OC1(C)CCSSCc2c(cc(C[NH+]4C=C5N=CC=C5C4)nc2N)-c2cc(cc(N)n2)CCC2OC24CCCCC3C1OC4=O. The highest BCUT2D eigenvalue weighted by atomic mass is 33.1. The quantitative estimate of drug-likeness (QED) is 0.113. The number of nitrogen functional groups attached to an aromatic ring is 2. The Balaban J connectivity index is 1.01. The van der Waals surface area contributed by atoms with Crippen LogP contribution in [0.15, 0.2) is 68.1 Å². The second kappa shape index (κ2) is 14.2. The van der Waals surface area contributed by atoms with Crippen molar-refractivity contribution in [2.24, 2.45) is 4.99 Å². The summed E-state index contributed by atoms with van der Waals surface area (Å²) in [5.41, 5.74) is 18.2. The number of nitrogens with one attached hydrogen (secondary N) is 1. The van der Waals surface area contributed by atoms with Gasteiger partial charge in [0.1, 0.15) is 76.6 Å². The van der Waals surface area contributed by atoms with Gasteiger partial charge in [-0.1, -0.05) is 28.0 Å². The van der Waals surface area contributed by atoms with Crippen LogP contribution in [0.5, 0.6) is 11.5 Å². The van der Waals surface area contributed by atoms with Crippen molar-refractivity contribution in [1.82, 2.24) is 9.97 Å². The number of esters is 1. The Morgan fingerprint density at radius 2 is 1.93 bits per heavy atom. The molecule has 13 nitrogen and oxygen atoms in total. The lowest BCUT2D eigenvalue weighted by Gasteiger charge is -2.46. The maximum absolute atomic E-state index is 14.4. The molecule has 6 aliphatic rings. The first kappa shape index (κ1) is 37.4. The molecule has 4 aromatic rings. The summed E-state index contributed by atoms with van der Waals surface area (Å²) in [5, 5.41) is 11.9. The van der Waals surface area contributed by atoms with Gasteiger partial charge in [-0.3, -0.25) is 14.7 Å². The number of aliphatic imine (C=N–C) groups is 1. The highest BCUT2D eigenvalue weighted by Crippen LogP contribution is 2.55. The Morgan fingerprint density at radius 3 is 2.79 bits per heavy atom. The van der Waals surface area contributed by atoms with Crippen LogP contribution in [0.3, 0.4) is 0 Å². The highest BCUT2D eigenvalue weighted by Gasteiger charge is 2.64. The zero-order valence-corrected chi connectivity index (χ0v) is 34.0. The number of allylic oxidation sites excluding steroid dienone is 1. The van der Waals surface area contributed by atoms with Gasteiger partial charge in [-0.2, -0.15) is 0 Å². The number of nitrogens with zero attached hydrogens (tertiary/aromatic N) is 3. The van der Waals surface area contributed by atoms with E-state index >= 15 is 0 Å². The molecule has 0 saturated carbocycles. The molecule has 300 valence electrons. The number of aromatic nitrogens is 2. The number of rotatable bonds is 2. The summed E-state index contributed by atoms with van der Waals surface area (Å²) in [7, 11) is 3.33. The van der Waals surface area contributed by atoms with Crippen LogP contribution in [0.25, 0.3) is 22.2 Å². The monoisotopic (exact) mass is 821 g/mol. The molecule has 0 aliphatic carbocycles. The first-order chi connectivity index (χ1) is 28.0. The van der Waals surface area contributed by atoms with Crippen molar-refractivity contribution in [2.75, 3.05) is 23.8 Å². The Kier molecular flexibility index (Phi) is 9.15. The standard InChI is InChI=1S/C43H44N6O7S2/c1-22-13-31(50)37-32(53-22)17-33-36(38(37)51)26-5-3-4-9-43-34(56-43)7-6-23-14-29(48-35(44)15-23)27-16-25(19-49-18-24-8-11-46-30(24)20-49)47-40(45)28(27)21-58-57-12-10-42(2,55-33)39(26)54-41(43)52/h8,11,13-17,20,26,34,39,51H,3-7,9-10,12,18-19,21H2,1-2H3,(H2,44,48)(H2,45,47)/p+1. The molecule has 2 fully saturated rings. The van der Waals surface area contributed by atoms with E-state index in [0.717, 1.165) is 53.2 Å². The molecule has 10 rings (SSSR count). The van der Waals surface area contributed by atoms with E-state index in [0.29, 0.717) is 78.9 Å². The fourth-order valence-electron chi connectivity index (χ4n) is 9.62. The zero-order chi connectivity index (χ0) is 39.9. The number of ether oxygens (including phenoxy) is 3. The number of carbonyl (C=O) groups is 1. The third-order valence-corrected chi connectivity index (χ3v) is 14.8. The van der Waals surface area contributed by atoms with Gasteiger partial charge >= 0.3 is 5.97 Å². The maximum Gasteiger partial charge on any atom is 0.341 e. The van der Waals surface area contributed by atoms with Crippen LogP contribution in [0, 0.1) is 6.92 Å². The fraction of sp³-hybridized carbons (Fsp3) is 0.419. The molecule has 9 heterocycles. The normalized spacial score (nSPS) is 28.9. The number of benzene rings is 1. The van der Waals surface area contributed by atoms with Crippen molar-refractivity contribution < 1.29 is 33.4 Å². The highest BCUT2D eigenvalue weighted by molar-refractivity contribution is 8.76. The van der Waals surface area contributed by atoms with E-state index in [2.05, 4.69) is 29.4 Å². The lowest BCUT2D eigenvalue weighted by molar-refractivity contribution is -0.852. The van der Waals surface area contributed by atoms with Gasteiger partial charge in [0.2, 0.25) is 0 Å². The number of hydrogen-bond donors (Lipinski definition) is 4. The van der Waals surface area contributed by atoms with E-state index in [9.17, 15) is 14.7 Å². The lowest BCUT2D eigenvalue weighted by Crippen LogP contribution is -3.04. The van der Waals surface area contributed by atoms with Crippen molar-refractivity contribution in [1.29, 1.82) is 0 Å². The molecular weight excluding hydrogens is 777 g/mol. The van der Waals surface area contributed by atoms with E-state index in [4.69, 9.17) is 40.1 Å². The molecule has 6 atom stereocenters. The van der Waals surface area contributed by atoms with Crippen LogP contribution in [-0.2, 0) is 33.0 Å². The van der Waals surface area contributed by atoms with Crippen LogP contribution >= 0.6 is 21.6 Å². The minimum atomic E-state index is -1.08. The molecule has 0 radical (unpaired) electrons. The number of phenolic OH excluding ortho intramolecular Hbond substituents is 1. The number of fused-ring (bicyclic) bond motifs is 9. The molecular formula is C43H45N6O7S2+. The molecule has 3 aromatic heterocycles. The van der Waals surface area contributed by atoms with Crippen LogP contribution in [-0.4, -0.2) is 63.0 Å². The summed E-state index contributed by atoms with van der Waals surface area (Å²) >= 11 is 0. The van der Waals surface area contributed by atoms with Gasteiger partial charge in [0.15, 0.2) is 11.0 Å². The molecule has 6 unspecified atom stereocenters. The van der Waals surface area contributed by atoms with E-state index in [1.165, 1.54) is 16.5 Å². The third-order valence-electron chi connectivity index (χ3n) is 12.5. The van der Waals surface area contributed by atoms with E-state index in [-0.39, 0.29) is 28.3 Å². The number of pyridine rings is 2. The summed E-state index contributed by atoms with van der Waals surface area (Å²) < 4.78 is 25.7. The zero-order valence-electron chi connectivity index (χ0n) is 32.3. The molecule has 0 amide bonds. The number of aromatic hydroxyl groups is 1. The number of aryl methyl sites for hydroxylation is 2. The van der Waals surface area contributed by atoms with Crippen LogP contribution in [0.4, 0.5) is 11.6 Å². The van der Waals surface area contributed by atoms with Gasteiger partial charge in [0.25, 0.3) is 0 Å². The fourth-order valence-corrected chi connectivity index (χ4v) is 11.9. The van der Waals surface area contributed by atoms with Crippen molar-refractivity contribution in [2.45, 2.75) is 100 Å². The summed E-state index contributed by atoms with van der Waals surface area (Å²) in [4.78, 5) is 43.0. The Bertz CT molecular complexity index is 2560. The van der Waals surface area contributed by atoms with Crippen LogP contribution < -0.4 is 26.5 Å². The molecule has 2 saturated heterocycles. The molecule has 58 heavy (non-hydrogen) atoms. The minimum absolute atomic E-state index is 0.0994. The number of anilines is 2. The minimum Gasteiger partial charge on any atom is -0.507 e. The predicted octanol–water partition coefficient (Wildman–Crippen LogP) is 5.46. The Labute approximate surface area is 342 Å². The van der Waals surface area contributed by atoms with Crippen molar-refractivity contribution in [3.8, 4) is 22.8 Å². The summed E-state index contributed by atoms with van der Waals surface area (Å²) in [6, 6.07) is 9.13. The van der Waals surface area contributed by atoms with Crippen LogP contribution in [0.2, 0.25) is 0 Å². The second-order valence-electron chi connectivity index (χ2n) is 16.5. The topological polar surface area (TPSA) is 193 Å². The number of quaternary nitrogens is 1. The maximum atomic E-state index is 14.4. The molecule has 6 aliphatic heterocycles. The van der Waals surface area contributed by atoms with Crippen molar-refractivity contribution in [3.63, 3.8) is 0 Å². The summed E-state index contributed by atoms with van der Waals surface area (Å²) in [5.74, 6) is 1.92. The first-order valence-electron chi connectivity index (χ1n) is 20.0. The molecule has 6 N–H and O–H groups in total. The molecule has 4 bridgehead atoms. The number of nitrogens with two attached hydrogens (primary N) is 2. The second-order valence-corrected chi connectivity index (χ2v) is 19.1. The van der Waals surface area contributed by atoms with Gasteiger partial charge in [0, 0.05) is 64.5 Å². The summed E-state index contributed by atoms with van der Waals surface area (Å²) in [6.07, 6.45) is 9.28. The summed E-state index contributed by atoms with van der Waals surface area (Å²) in [6.45, 7) is 5.16.